The fourth-order valence-electron chi connectivity index (χ4n) is 1.54. The second-order valence-electron chi connectivity index (χ2n) is 5.31. The van der Waals surface area contributed by atoms with Crippen LogP contribution in [0.4, 0.5) is 0 Å². The fraction of sp³-hybridized carbons (Fsp3) is 0.750. The Labute approximate surface area is 175 Å². The van der Waals surface area contributed by atoms with E-state index in [9.17, 15) is 18.9 Å². The van der Waals surface area contributed by atoms with Crippen LogP contribution in [-0.4, -0.2) is 50.8 Å². The average molecular weight is 438 g/mol. The summed E-state index contributed by atoms with van der Waals surface area (Å²) in [5.74, 6) is -0.798. The lowest BCUT2D eigenvalue weighted by molar-refractivity contribution is -0.140. The summed E-state index contributed by atoms with van der Waals surface area (Å²) < 4.78 is 30.9. The van der Waals surface area contributed by atoms with Gasteiger partial charge in [0, 0.05) is 12.5 Å². The van der Waals surface area contributed by atoms with Crippen LogP contribution < -0.4 is 0 Å². The SMILES string of the molecule is CCC/C=C/C(=O)OCC.CCCC=O.CCOC(=O)CP(=O)(OCC)OCC. The molecule has 0 aliphatic rings. The summed E-state index contributed by atoms with van der Waals surface area (Å²) in [4.78, 5) is 31.1. The van der Waals surface area contributed by atoms with Gasteiger partial charge < -0.3 is 23.3 Å². The Morgan fingerprint density at radius 3 is 1.66 bits per heavy atom. The maximum Gasteiger partial charge on any atom is 0.341 e. The molecular formula is C20H39O8P. The van der Waals surface area contributed by atoms with Crippen molar-refractivity contribution in [1.82, 2.24) is 0 Å². The molecule has 0 atom stereocenters. The van der Waals surface area contributed by atoms with Crippen LogP contribution >= 0.6 is 7.60 Å². The molecule has 0 bridgehead atoms. The quantitative estimate of drug-likeness (QED) is 0.176. The molecule has 0 aliphatic carbocycles. The van der Waals surface area contributed by atoms with E-state index in [-0.39, 0.29) is 32.0 Å². The zero-order valence-corrected chi connectivity index (χ0v) is 19.7. The molecule has 0 spiro atoms. The molecule has 0 radical (unpaired) electrons. The van der Waals surface area contributed by atoms with Gasteiger partial charge in [-0.05, 0) is 40.5 Å². The normalized spacial score (nSPS) is 10.3. The van der Waals surface area contributed by atoms with E-state index in [1.165, 1.54) is 6.08 Å². The summed E-state index contributed by atoms with van der Waals surface area (Å²) in [7, 11) is -3.28. The third-order valence-corrected chi connectivity index (χ3v) is 4.63. The van der Waals surface area contributed by atoms with Crippen LogP contribution in [-0.2, 0) is 37.5 Å². The molecule has 9 heteroatoms. The van der Waals surface area contributed by atoms with Crippen molar-refractivity contribution in [2.45, 2.75) is 67.2 Å². The third kappa shape index (κ3) is 26.5. The van der Waals surface area contributed by atoms with E-state index in [4.69, 9.17) is 9.05 Å². The van der Waals surface area contributed by atoms with Crippen LogP contribution in [0, 0.1) is 0 Å². The first kappa shape index (κ1) is 32.2. The summed E-state index contributed by atoms with van der Waals surface area (Å²) in [6.07, 6.45) is 7.62. The van der Waals surface area contributed by atoms with Crippen LogP contribution in [0.25, 0.3) is 0 Å². The highest BCUT2D eigenvalue weighted by molar-refractivity contribution is 7.54. The fourth-order valence-corrected chi connectivity index (χ4v) is 2.99. The van der Waals surface area contributed by atoms with E-state index >= 15 is 0 Å². The molecule has 172 valence electrons. The van der Waals surface area contributed by atoms with Crippen molar-refractivity contribution in [3.05, 3.63) is 12.2 Å². The van der Waals surface area contributed by atoms with Gasteiger partial charge in [0.25, 0.3) is 0 Å². The van der Waals surface area contributed by atoms with Gasteiger partial charge in [-0.2, -0.15) is 0 Å². The average Bonchev–Trinajstić information content (AvgIpc) is 2.64. The topological polar surface area (TPSA) is 105 Å². The molecule has 0 aliphatic heterocycles. The number of ether oxygens (including phenoxy) is 2. The van der Waals surface area contributed by atoms with Gasteiger partial charge in [0.15, 0.2) is 0 Å². The molecule has 0 heterocycles. The largest absolute Gasteiger partial charge is 0.466 e. The molecule has 0 aromatic rings. The highest BCUT2D eigenvalue weighted by Crippen LogP contribution is 2.47. The number of esters is 2. The first-order valence-corrected chi connectivity index (χ1v) is 11.8. The van der Waals surface area contributed by atoms with Gasteiger partial charge in [0.1, 0.15) is 12.4 Å². The molecule has 8 nitrogen and oxygen atoms in total. The Morgan fingerprint density at radius 1 is 0.793 bits per heavy atom. The van der Waals surface area contributed by atoms with Crippen LogP contribution in [0.5, 0.6) is 0 Å². The molecule has 0 saturated heterocycles. The summed E-state index contributed by atoms with van der Waals surface area (Å²) in [5, 5.41) is 0. The van der Waals surface area contributed by atoms with E-state index in [1.54, 1.807) is 27.7 Å². The van der Waals surface area contributed by atoms with Gasteiger partial charge in [0.2, 0.25) is 0 Å². The van der Waals surface area contributed by atoms with Crippen LogP contribution in [0.3, 0.4) is 0 Å². The van der Waals surface area contributed by atoms with Crippen molar-refractivity contribution in [3.8, 4) is 0 Å². The second-order valence-corrected chi connectivity index (χ2v) is 7.36. The summed E-state index contributed by atoms with van der Waals surface area (Å²) in [6, 6.07) is 0. The summed E-state index contributed by atoms with van der Waals surface area (Å²) in [6.45, 7) is 12.1. The van der Waals surface area contributed by atoms with Crippen LogP contribution in [0.15, 0.2) is 12.2 Å². The van der Waals surface area contributed by atoms with Crippen molar-refractivity contribution in [1.29, 1.82) is 0 Å². The number of hydrogen-bond acceptors (Lipinski definition) is 8. The number of carbonyl (C=O) groups excluding carboxylic acids is 3. The number of hydrogen-bond donors (Lipinski definition) is 0. The molecular weight excluding hydrogens is 399 g/mol. The molecule has 0 aromatic heterocycles. The Balaban J connectivity index is -0.000000392. The van der Waals surface area contributed by atoms with Crippen molar-refractivity contribution in [3.63, 3.8) is 0 Å². The molecule has 0 amide bonds. The standard InChI is InChI=1S/C8H17O5P.C8H14O2.C4H8O/c1-4-11-8(9)7-14(10,12-5-2)13-6-3;1-3-5-6-7-8(9)10-4-2;1-2-3-4-5/h4-7H2,1-3H3;6-7H,3-5H2,1-2H3;4H,2-3H2,1H3/b;7-6+;. The lowest BCUT2D eigenvalue weighted by Crippen LogP contribution is -2.12. The van der Waals surface area contributed by atoms with Gasteiger partial charge in [-0.3, -0.25) is 9.36 Å². The van der Waals surface area contributed by atoms with E-state index in [0.29, 0.717) is 13.0 Å². The van der Waals surface area contributed by atoms with Crippen LogP contribution in [0.1, 0.15) is 67.2 Å². The predicted octanol–water partition coefficient (Wildman–Crippen LogP) is 4.71. The minimum Gasteiger partial charge on any atom is -0.466 e. The smallest absolute Gasteiger partial charge is 0.341 e. The Bertz CT molecular complexity index is 467. The maximum absolute atomic E-state index is 11.8. The van der Waals surface area contributed by atoms with Crippen molar-refractivity contribution < 1.29 is 37.5 Å². The lowest BCUT2D eigenvalue weighted by atomic mass is 10.3. The van der Waals surface area contributed by atoms with Crippen molar-refractivity contribution in [2.75, 3.05) is 32.6 Å². The molecule has 0 aromatic carbocycles. The minimum atomic E-state index is -3.28. The Morgan fingerprint density at radius 2 is 1.31 bits per heavy atom. The third-order valence-electron chi connectivity index (χ3n) is 2.68. The van der Waals surface area contributed by atoms with Gasteiger partial charge >= 0.3 is 19.5 Å². The lowest BCUT2D eigenvalue weighted by Gasteiger charge is -2.15. The first-order valence-electron chi connectivity index (χ1n) is 10.1. The van der Waals surface area contributed by atoms with Gasteiger partial charge in [-0.1, -0.05) is 26.3 Å². The van der Waals surface area contributed by atoms with E-state index in [2.05, 4.69) is 16.4 Å². The van der Waals surface area contributed by atoms with Crippen LogP contribution in [0.2, 0.25) is 0 Å². The summed E-state index contributed by atoms with van der Waals surface area (Å²) >= 11 is 0. The number of carbonyl (C=O) groups is 3. The number of unbranched alkanes of at least 4 members (excludes halogenated alkanes) is 2. The highest BCUT2D eigenvalue weighted by atomic mass is 31.2. The van der Waals surface area contributed by atoms with E-state index in [1.807, 2.05) is 13.0 Å². The minimum absolute atomic E-state index is 0.240. The zero-order valence-electron chi connectivity index (χ0n) is 18.8. The molecule has 0 unspecified atom stereocenters. The van der Waals surface area contributed by atoms with Gasteiger partial charge in [0.05, 0.1) is 26.4 Å². The molecule has 0 saturated carbocycles. The molecule has 0 fully saturated rings. The maximum atomic E-state index is 11.8. The highest BCUT2D eigenvalue weighted by Gasteiger charge is 2.28. The number of allylic oxidation sites excluding steroid dienone is 1. The van der Waals surface area contributed by atoms with Gasteiger partial charge in [-0.15, -0.1) is 0 Å². The molecule has 0 N–H and O–H groups in total. The Kier molecular flexibility index (Phi) is 27.2. The zero-order chi connectivity index (χ0) is 23.0. The Hall–Kier alpha value is -1.50. The monoisotopic (exact) mass is 438 g/mol. The first-order chi connectivity index (χ1) is 13.8. The number of rotatable bonds is 13. The van der Waals surface area contributed by atoms with E-state index in [0.717, 1.165) is 25.5 Å². The summed E-state index contributed by atoms with van der Waals surface area (Å²) in [5.41, 5.74) is 0. The van der Waals surface area contributed by atoms with Crippen molar-refractivity contribution in [2.24, 2.45) is 0 Å². The van der Waals surface area contributed by atoms with Crippen molar-refractivity contribution >= 4 is 25.8 Å². The second kappa shape index (κ2) is 24.5. The predicted molar refractivity (Wildman–Crippen MR) is 114 cm³/mol. The van der Waals surface area contributed by atoms with E-state index < -0.39 is 13.6 Å². The molecule has 0 rings (SSSR count). The van der Waals surface area contributed by atoms with Gasteiger partial charge in [-0.25, -0.2) is 4.79 Å². The number of aldehydes is 1. The molecule has 29 heavy (non-hydrogen) atoms.